The monoisotopic (exact) mass is 207 g/mol. The molecule has 0 aliphatic carbocycles. The van der Waals surface area contributed by atoms with Crippen LogP contribution in [-0.2, 0) is 4.74 Å². The normalized spacial score (nSPS) is 15.9. The molecule has 0 aliphatic heterocycles. The Labute approximate surface area is 71.8 Å². The molecular formula is C6H10F5NO. The summed E-state index contributed by atoms with van der Waals surface area (Å²) in [5.41, 5.74) is 4.96. The van der Waals surface area contributed by atoms with Crippen molar-refractivity contribution < 1.29 is 26.7 Å². The Kier molecular flexibility index (Phi) is 4.05. The van der Waals surface area contributed by atoms with Crippen LogP contribution < -0.4 is 5.73 Å². The van der Waals surface area contributed by atoms with Crippen LogP contribution in [0.25, 0.3) is 0 Å². The fourth-order valence-corrected chi connectivity index (χ4v) is 0.397. The van der Waals surface area contributed by atoms with Gasteiger partial charge in [0.15, 0.2) is 0 Å². The van der Waals surface area contributed by atoms with E-state index in [1.165, 1.54) is 6.92 Å². The molecule has 0 bridgehead atoms. The van der Waals surface area contributed by atoms with E-state index in [1.807, 2.05) is 0 Å². The molecule has 0 aromatic heterocycles. The third-order valence-corrected chi connectivity index (χ3v) is 1.30. The van der Waals surface area contributed by atoms with E-state index in [2.05, 4.69) is 4.74 Å². The number of hydrogen-bond acceptors (Lipinski definition) is 2. The SMILES string of the molecule is CC(CN)OCC(F)(F)C(F)(F)F. The summed E-state index contributed by atoms with van der Waals surface area (Å²) in [6.07, 6.45) is -6.38. The molecule has 2 nitrogen and oxygen atoms in total. The van der Waals surface area contributed by atoms with Crippen molar-refractivity contribution in [3.8, 4) is 0 Å². The fraction of sp³-hybridized carbons (Fsp3) is 1.00. The summed E-state index contributed by atoms with van der Waals surface area (Å²) in [7, 11) is 0. The first-order valence-electron chi connectivity index (χ1n) is 3.47. The average molecular weight is 207 g/mol. The second kappa shape index (κ2) is 4.19. The Morgan fingerprint density at radius 3 is 2.00 bits per heavy atom. The number of ether oxygens (including phenoxy) is 1. The first-order valence-corrected chi connectivity index (χ1v) is 3.47. The van der Waals surface area contributed by atoms with Crippen molar-refractivity contribution in [2.24, 2.45) is 5.73 Å². The third-order valence-electron chi connectivity index (χ3n) is 1.30. The van der Waals surface area contributed by atoms with Gasteiger partial charge in [-0.15, -0.1) is 0 Å². The van der Waals surface area contributed by atoms with E-state index in [9.17, 15) is 22.0 Å². The zero-order chi connectivity index (χ0) is 10.7. The minimum Gasteiger partial charge on any atom is -0.371 e. The molecule has 80 valence electrons. The molecule has 0 aromatic rings. The van der Waals surface area contributed by atoms with Crippen LogP contribution >= 0.6 is 0 Å². The Morgan fingerprint density at radius 1 is 1.23 bits per heavy atom. The molecule has 0 aliphatic rings. The zero-order valence-electron chi connectivity index (χ0n) is 6.87. The molecule has 0 radical (unpaired) electrons. The van der Waals surface area contributed by atoms with Gasteiger partial charge in [-0.1, -0.05) is 0 Å². The Morgan fingerprint density at radius 2 is 1.69 bits per heavy atom. The van der Waals surface area contributed by atoms with E-state index in [1.54, 1.807) is 0 Å². The second-order valence-corrected chi connectivity index (χ2v) is 2.56. The molecule has 7 heteroatoms. The summed E-state index contributed by atoms with van der Waals surface area (Å²) >= 11 is 0. The molecular weight excluding hydrogens is 197 g/mol. The van der Waals surface area contributed by atoms with Gasteiger partial charge >= 0.3 is 12.1 Å². The van der Waals surface area contributed by atoms with E-state index in [4.69, 9.17) is 5.73 Å². The van der Waals surface area contributed by atoms with E-state index in [-0.39, 0.29) is 6.54 Å². The molecule has 0 amide bonds. The number of alkyl halides is 5. The molecule has 0 aromatic carbocycles. The fourth-order valence-electron chi connectivity index (χ4n) is 0.397. The zero-order valence-corrected chi connectivity index (χ0v) is 6.87. The minimum absolute atomic E-state index is 0.103. The van der Waals surface area contributed by atoms with E-state index in [0.29, 0.717) is 0 Å². The highest BCUT2D eigenvalue weighted by molar-refractivity contribution is 4.75. The first kappa shape index (κ1) is 12.6. The second-order valence-electron chi connectivity index (χ2n) is 2.56. The molecule has 1 atom stereocenters. The Balaban J connectivity index is 4.04. The third kappa shape index (κ3) is 3.86. The highest BCUT2D eigenvalue weighted by atomic mass is 19.4. The average Bonchev–Trinajstić information content (AvgIpc) is 1.98. The van der Waals surface area contributed by atoms with Gasteiger partial charge < -0.3 is 10.5 Å². The summed E-state index contributed by atoms with van der Waals surface area (Å²) in [6, 6.07) is 0. The summed E-state index contributed by atoms with van der Waals surface area (Å²) in [6.45, 7) is -0.477. The highest BCUT2D eigenvalue weighted by Crippen LogP contribution is 2.35. The largest absolute Gasteiger partial charge is 0.455 e. The summed E-state index contributed by atoms with van der Waals surface area (Å²) in [5, 5.41) is 0. The maximum Gasteiger partial charge on any atom is 0.455 e. The maximum absolute atomic E-state index is 12.1. The molecule has 0 saturated heterocycles. The van der Waals surface area contributed by atoms with Crippen molar-refractivity contribution in [3.63, 3.8) is 0 Å². The van der Waals surface area contributed by atoms with Gasteiger partial charge in [0.1, 0.15) is 6.61 Å². The van der Waals surface area contributed by atoms with Gasteiger partial charge in [-0.25, -0.2) is 0 Å². The van der Waals surface area contributed by atoms with Crippen molar-refractivity contribution in [3.05, 3.63) is 0 Å². The van der Waals surface area contributed by atoms with Crippen LogP contribution in [-0.4, -0.2) is 31.4 Å². The molecule has 0 saturated carbocycles. The highest BCUT2D eigenvalue weighted by Gasteiger charge is 2.57. The predicted octanol–water partition coefficient (Wildman–Crippen LogP) is 1.55. The minimum atomic E-state index is -5.57. The Hall–Kier alpha value is -0.430. The lowest BCUT2D eigenvalue weighted by atomic mass is 10.3. The van der Waals surface area contributed by atoms with Crippen molar-refractivity contribution in [1.82, 2.24) is 0 Å². The maximum atomic E-state index is 12.1. The van der Waals surface area contributed by atoms with Crippen LogP contribution in [0.5, 0.6) is 0 Å². The van der Waals surface area contributed by atoms with Crippen LogP contribution in [0.3, 0.4) is 0 Å². The van der Waals surface area contributed by atoms with Gasteiger partial charge in [0.25, 0.3) is 0 Å². The molecule has 1 unspecified atom stereocenters. The molecule has 13 heavy (non-hydrogen) atoms. The van der Waals surface area contributed by atoms with Crippen molar-refractivity contribution >= 4 is 0 Å². The van der Waals surface area contributed by atoms with Crippen LogP contribution in [0.15, 0.2) is 0 Å². The summed E-state index contributed by atoms with van der Waals surface area (Å²) in [4.78, 5) is 0. The quantitative estimate of drug-likeness (QED) is 0.710. The molecule has 0 rings (SSSR count). The molecule has 2 N–H and O–H groups in total. The lowest BCUT2D eigenvalue weighted by Gasteiger charge is -2.21. The molecule has 0 heterocycles. The van der Waals surface area contributed by atoms with Gasteiger partial charge in [0.2, 0.25) is 0 Å². The van der Waals surface area contributed by atoms with Crippen LogP contribution in [0.2, 0.25) is 0 Å². The van der Waals surface area contributed by atoms with Crippen molar-refractivity contribution in [1.29, 1.82) is 0 Å². The van der Waals surface area contributed by atoms with E-state index in [0.717, 1.165) is 0 Å². The van der Waals surface area contributed by atoms with Crippen LogP contribution in [0.4, 0.5) is 22.0 Å². The standard InChI is InChI=1S/C6H10F5NO/c1-4(2-12)13-3-5(7,8)6(9,10)11/h4H,2-3,12H2,1H3. The van der Waals surface area contributed by atoms with Gasteiger partial charge in [0, 0.05) is 6.54 Å². The van der Waals surface area contributed by atoms with Gasteiger partial charge in [-0.2, -0.15) is 22.0 Å². The van der Waals surface area contributed by atoms with Gasteiger partial charge in [-0.3, -0.25) is 0 Å². The summed E-state index contributed by atoms with van der Waals surface area (Å²) < 4.78 is 63.0. The van der Waals surface area contributed by atoms with E-state index >= 15 is 0 Å². The number of halogens is 5. The predicted molar refractivity (Wildman–Crippen MR) is 35.5 cm³/mol. The molecule has 0 fully saturated rings. The summed E-state index contributed by atoms with van der Waals surface area (Å²) in [5.74, 6) is -4.81. The van der Waals surface area contributed by atoms with Crippen molar-refractivity contribution in [2.75, 3.05) is 13.2 Å². The van der Waals surface area contributed by atoms with Gasteiger partial charge in [0.05, 0.1) is 6.10 Å². The molecule has 0 spiro atoms. The van der Waals surface area contributed by atoms with E-state index < -0.39 is 24.8 Å². The first-order chi connectivity index (χ1) is 5.70. The smallest absolute Gasteiger partial charge is 0.371 e. The Bertz CT molecular complexity index is 158. The number of hydrogen-bond donors (Lipinski definition) is 1. The lowest BCUT2D eigenvalue weighted by Crippen LogP contribution is -2.42. The topological polar surface area (TPSA) is 35.2 Å². The van der Waals surface area contributed by atoms with Crippen LogP contribution in [0.1, 0.15) is 6.92 Å². The van der Waals surface area contributed by atoms with Gasteiger partial charge in [-0.05, 0) is 6.92 Å². The van der Waals surface area contributed by atoms with Crippen LogP contribution in [0, 0.1) is 0 Å². The number of nitrogens with two attached hydrogens (primary N) is 1. The lowest BCUT2D eigenvalue weighted by molar-refractivity contribution is -0.299. The van der Waals surface area contributed by atoms with Crippen molar-refractivity contribution in [2.45, 2.75) is 25.1 Å². The number of rotatable bonds is 4.